The van der Waals surface area contributed by atoms with Crippen LogP contribution in [-0.2, 0) is 14.3 Å². The molecule has 0 spiro atoms. The van der Waals surface area contributed by atoms with Crippen LogP contribution in [0.4, 0.5) is 0 Å². The van der Waals surface area contributed by atoms with Gasteiger partial charge in [-0.25, -0.2) is 4.98 Å². The summed E-state index contributed by atoms with van der Waals surface area (Å²) in [7, 11) is 1.70. The van der Waals surface area contributed by atoms with Crippen molar-refractivity contribution in [3.8, 4) is 0 Å². The van der Waals surface area contributed by atoms with E-state index >= 15 is 0 Å². The molecular formula is C21H22N2O3S2. The van der Waals surface area contributed by atoms with Gasteiger partial charge < -0.3 is 9.64 Å². The molecule has 0 unspecified atom stereocenters. The maximum absolute atomic E-state index is 12.4. The number of aryl methyl sites for hydroxylation is 1. The van der Waals surface area contributed by atoms with Crippen LogP contribution in [0.2, 0.25) is 0 Å². The Morgan fingerprint density at radius 1 is 1.18 bits per heavy atom. The third-order valence-corrected chi connectivity index (χ3v) is 6.79. The monoisotopic (exact) mass is 414 g/mol. The predicted molar refractivity (Wildman–Crippen MR) is 114 cm³/mol. The second kappa shape index (κ2) is 9.21. The van der Waals surface area contributed by atoms with Gasteiger partial charge in [-0.05, 0) is 37.6 Å². The van der Waals surface area contributed by atoms with E-state index in [0.717, 1.165) is 25.7 Å². The van der Waals surface area contributed by atoms with Gasteiger partial charge in [0.1, 0.15) is 5.01 Å². The third-order valence-electron chi connectivity index (χ3n) is 4.44. The highest BCUT2D eigenvalue weighted by Gasteiger charge is 2.21. The highest BCUT2D eigenvalue weighted by atomic mass is 32.2. The lowest BCUT2D eigenvalue weighted by Crippen LogP contribution is -2.33. The molecule has 0 fully saturated rings. The van der Waals surface area contributed by atoms with Crippen molar-refractivity contribution in [2.45, 2.75) is 24.8 Å². The molecule has 0 N–H and O–H groups in total. The van der Waals surface area contributed by atoms with Crippen molar-refractivity contribution in [2.75, 3.05) is 19.4 Å². The van der Waals surface area contributed by atoms with Crippen molar-refractivity contribution in [3.05, 3.63) is 59.1 Å². The lowest BCUT2D eigenvalue weighted by atomic mass is 10.2. The highest BCUT2D eigenvalue weighted by molar-refractivity contribution is 8.00. The van der Waals surface area contributed by atoms with Crippen molar-refractivity contribution in [2.24, 2.45) is 0 Å². The number of nitrogens with zero attached hydrogens (tertiary/aromatic N) is 2. The van der Waals surface area contributed by atoms with E-state index in [-0.39, 0.29) is 24.3 Å². The number of amides is 1. The molecule has 146 valence electrons. The second-order valence-electron chi connectivity index (χ2n) is 6.42. The molecule has 7 heteroatoms. The number of benzene rings is 2. The number of rotatable bonds is 7. The SMILES string of the molecule is Cc1ccccc1SCC(=O)OCC(=O)N(C)[C@@H](C)c1nc2ccccc2s1. The molecule has 0 radical (unpaired) electrons. The Balaban J connectivity index is 1.50. The summed E-state index contributed by atoms with van der Waals surface area (Å²) in [5, 5.41) is 0.860. The molecule has 1 heterocycles. The minimum Gasteiger partial charge on any atom is -0.455 e. The Hall–Kier alpha value is -2.38. The van der Waals surface area contributed by atoms with Crippen LogP contribution in [0.5, 0.6) is 0 Å². The van der Waals surface area contributed by atoms with E-state index in [1.807, 2.05) is 62.4 Å². The number of hydrogen-bond acceptors (Lipinski definition) is 6. The number of para-hydroxylation sites is 1. The number of fused-ring (bicyclic) bond motifs is 1. The summed E-state index contributed by atoms with van der Waals surface area (Å²) >= 11 is 2.98. The van der Waals surface area contributed by atoms with Gasteiger partial charge >= 0.3 is 5.97 Å². The number of likely N-dealkylation sites (N-methyl/N-ethyl adjacent to an activating group) is 1. The number of hydrogen-bond donors (Lipinski definition) is 0. The van der Waals surface area contributed by atoms with E-state index in [2.05, 4.69) is 4.98 Å². The quantitative estimate of drug-likeness (QED) is 0.422. The van der Waals surface area contributed by atoms with Crippen LogP contribution < -0.4 is 0 Å². The van der Waals surface area contributed by atoms with Gasteiger partial charge in [0, 0.05) is 11.9 Å². The largest absolute Gasteiger partial charge is 0.455 e. The first kappa shape index (κ1) is 20.4. The number of carbonyl (C=O) groups is 2. The molecule has 0 aliphatic carbocycles. The van der Waals surface area contributed by atoms with Crippen LogP contribution in [0.15, 0.2) is 53.4 Å². The number of aromatic nitrogens is 1. The average Bonchev–Trinajstić information content (AvgIpc) is 3.14. The van der Waals surface area contributed by atoms with E-state index in [1.54, 1.807) is 23.3 Å². The summed E-state index contributed by atoms with van der Waals surface area (Å²) in [4.78, 5) is 31.6. The standard InChI is InChI=1S/C21H22N2O3S2/c1-14-8-4-6-10-17(14)27-13-20(25)26-12-19(24)23(3)15(2)21-22-16-9-5-7-11-18(16)28-21/h4-11,15H,12-13H2,1-3H3/t15-/m0/s1. The zero-order chi connectivity index (χ0) is 20.1. The van der Waals surface area contributed by atoms with E-state index in [4.69, 9.17) is 4.74 Å². The third kappa shape index (κ3) is 4.91. The first-order valence-electron chi connectivity index (χ1n) is 8.91. The van der Waals surface area contributed by atoms with Gasteiger partial charge in [-0.15, -0.1) is 23.1 Å². The lowest BCUT2D eigenvalue weighted by molar-refractivity contribution is -0.150. The van der Waals surface area contributed by atoms with Crippen LogP contribution in [0.25, 0.3) is 10.2 Å². The topological polar surface area (TPSA) is 59.5 Å². The van der Waals surface area contributed by atoms with Gasteiger partial charge in [-0.3, -0.25) is 9.59 Å². The summed E-state index contributed by atoms with van der Waals surface area (Å²) in [5.41, 5.74) is 2.04. The molecule has 5 nitrogen and oxygen atoms in total. The summed E-state index contributed by atoms with van der Waals surface area (Å²) in [5.74, 6) is -0.474. The highest BCUT2D eigenvalue weighted by Crippen LogP contribution is 2.28. The summed E-state index contributed by atoms with van der Waals surface area (Å²) in [6.07, 6.45) is 0. The Kier molecular flexibility index (Phi) is 6.70. The van der Waals surface area contributed by atoms with E-state index in [0.29, 0.717) is 0 Å². The molecule has 0 aliphatic rings. The van der Waals surface area contributed by atoms with Crippen molar-refractivity contribution >= 4 is 45.2 Å². The molecule has 0 bridgehead atoms. The number of carbonyl (C=O) groups excluding carboxylic acids is 2. The maximum atomic E-state index is 12.4. The Morgan fingerprint density at radius 2 is 1.89 bits per heavy atom. The Bertz CT molecular complexity index is 953. The van der Waals surface area contributed by atoms with Gasteiger partial charge in [-0.1, -0.05) is 30.3 Å². The number of ether oxygens (including phenoxy) is 1. The normalized spacial score (nSPS) is 12.0. The van der Waals surface area contributed by atoms with Crippen LogP contribution in [0, 0.1) is 6.92 Å². The molecule has 0 saturated heterocycles. The first-order chi connectivity index (χ1) is 13.5. The van der Waals surface area contributed by atoms with Crippen LogP contribution >= 0.6 is 23.1 Å². The van der Waals surface area contributed by atoms with Crippen molar-refractivity contribution in [3.63, 3.8) is 0 Å². The molecule has 3 rings (SSSR count). The summed E-state index contributed by atoms with van der Waals surface area (Å²) in [6.45, 7) is 3.65. The molecule has 0 aliphatic heterocycles. The van der Waals surface area contributed by atoms with Gasteiger partial charge in [0.15, 0.2) is 6.61 Å². The molecular weight excluding hydrogens is 392 g/mol. The van der Waals surface area contributed by atoms with Crippen LogP contribution in [0.3, 0.4) is 0 Å². The van der Waals surface area contributed by atoms with Crippen molar-refractivity contribution in [1.82, 2.24) is 9.88 Å². The minimum absolute atomic E-state index is 0.176. The van der Waals surface area contributed by atoms with Crippen LogP contribution in [-0.4, -0.2) is 41.2 Å². The minimum atomic E-state index is -0.400. The fraction of sp³-hybridized carbons (Fsp3) is 0.286. The van der Waals surface area contributed by atoms with Gasteiger partial charge in [0.2, 0.25) is 0 Å². The predicted octanol–water partition coefficient (Wildman–Crippen LogP) is 4.46. The zero-order valence-electron chi connectivity index (χ0n) is 16.0. The van der Waals surface area contributed by atoms with Crippen molar-refractivity contribution < 1.29 is 14.3 Å². The average molecular weight is 415 g/mol. The van der Waals surface area contributed by atoms with Crippen molar-refractivity contribution in [1.29, 1.82) is 0 Å². The van der Waals surface area contributed by atoms with E-state index in [9.17, 15) is 9.59 Å². The number of thioether (sulfide) groups is 1. The Morgan fingerprint density at radius 3 is 2.64 bits per heavy atom. The first-order valence-corrected chi connectivity index (χ1v) is 10.7. The molecule has 3 aromatic rings. The number of esters is 1. The zero-order valence-corrected chi connectivity index (χ0v) is 17.7. The van der Waals surface area contributed by atoms with Gasteiger partial charge in [-0.2, -0.15) is 0 Å². The fourth-order valence-electron chi connectivity index (χ4n) is 2.59. The molecule has 1 aromatic heterocycles. The molecule has 2 aromatic carbocycles. The van der Waals surface area contributed by atoms with E-state index < -0.39 is 5.97 Å². The smallest absolute Gasteiger partial charge is 0.316 e. The number of thiazole rings is 1. The van der Waals surface area contributed by atoms with Crippen LogP contribution in [0.1, 0.15) is 23.5 Å². The second-order valence-corrected chi connectivity index (χ2v) is 8.49. The molecule has 0 saturated carbocycles. The Labute approximate surface area is 172 Å². The maximum Gasteiger partial charge on any atom is 0.316 e. The van der Waals surface area contributed by atoms with Gasteiger partial charge in [0.05, 0.1) is 22.0 Å². The van der Waals surface area contributed by atoms with E-state index in [1.165, 1.54) is 11.8 Å². The lowest BCUT2D eigenvalue weighted by Gasteiger charge is -2.23. The molecule has 1 atom stereocenters. The fourth-order valence-corrected chi connectivity index (χ4v) is 4.48. The molecule has 28 heavy (non-hydrogen) atoms. The molecule has 1 amide bonds. The van der Waals surface area contributed by atoms with Gasteiger partial charge in [0.25, 0.3) is 5.91 Å². The summed E-state index contributed by atoms with van der Waals surface area (Å²) in [6, 6.07) is 15.5. The summed E-state index contributed by atoms with van der Waals surface area (Å²) < 4.78 is 6.25.